The Kier molecular flexibility index (Phi) is 3.60. The van der Waals surface area contributed by atoms with E-state index in [0.29, 0.717) is 5.69 Å². The van der Waals surface area contributed by atoms with Crippen LogP contribution in [0.1, 0.15) is 37.0 Å². The second-order valence-corrected chi connectivity index (χ2v) is 6.38. The van der Waals surface area contributed by atoms with Crippen molar-refractivity contribution >= 4 is 22.6 Å². The van der Waals surface area contributed by atoms with Crippen LogP contribution in [0.3, 0.4) is 0 Å². The molecule has 5 nitrogen and oxygen atoms in total. The van der Waals surface area contributed by atoms with Crippen LogP contribution in [0.2, 0.25) is 0 Å². The average molecular weight is 312 g/mol. The van der Waals surface area contributed by atoms with Crippen molar-refractivity contribution in [2.45, 2.75) is 26.2 Å². The van der Waals surface area contributed by atoms with E-state index in [1.54, 1.807) is 12.1 Å². The lowest BCUT2D eigenvalue weighted by atomic mass is 9.96. The third kappa shape index (κ3) is 3.06. The molecule has 0 spiro atoms. The van der Waals surface area contributed by atoms with Crippen molar-refractivity contribution in [3.8, 4) is 0 Å². The topological polar surface area (TPSA) is 70.7 Å². The van der Waals surface area contributed by atoms with E-state index >= 15 is 0 Å². The molecule has 0 atom stereocenters. The maximum Gasteiger partial charge on any atom is 0.258 e. The SMILES string of the molecule is CC(C)(C)c1nc2ccc(NC(=O)c3ccncc3F)cc2[nH]1. The molecule has 0 aliphatic rings. The molecule has 3 aromatic rings. The second kappa shape index (κ2) is 5.46. The number of halogens is 1. The molecule has 1 aromatic carbocycles. The van der Waals surface area contributed by atoms with Crippen LogP contribution in [-0.4, -0.2) is 20.9 Å². The highest BCUT2D eigenvalue weighted by atomic mass is 19.1. The van der Waals surface area contributed by atoms with Crippen LogP contribution >= 0.6 is 0 Å². The van der Waals surface area contributed by atoms with Crippen LogP contribution in [0.4, 0.5) is 10.1 Å². The molecule has 0 bridgehead atoms. The number of imidazole rings is 1. The predicted molar refractivity (Wildman–Crippen MR) is 86.9 cm³/mol. The zero-order valence-electron chi connectivity index (χ0n) is 13.1. The van der Waals surface area contributed by atoms with E-state index < -0.39 is 11.7 Å². The fourth-order valence-electron chi connectivity index (χ4n) is 2.20. The normalized spacial score (nSPS) is 11.7. The molecule has 0 saturated heterocycles. The first kappa shape index (κ1) is 15.1. The molecule has 1 amide bonds. The third-order valence-corrected chi connectivity index (χ3v) is 3.47. The molecule has 23 heavy (non-hydrogen) atoms. The van der Waals surface area contributed by atoms with Gasteiger partial charge in [-0.3, -0.25) is 9.78 Å². The van der Waals surface area contributed by atoms with Gasteiger partial charge in [-0.15, -0.1) is 0 Å². The number of H-pyrrole nitrogens is 1. The molecule has 118 valence electrons. The van der Waals surface area contributed by atoms with E-state index in [-0.39, 0.29) is 11.0 Å². The first-order valence-electron chi connectivity index (χ1n) is 7.26. The van der Waals surface area contributed by atoms with Gasteiger partial charge in [-0.1, -0.05) is 20.8 Å². The zero-order valence-corrected chi connectivity index (χ0v) is 13.1. The Morgan fingerprint density at radius 2 is 2.04 bits per heavy atom. The van der Waals surface area contributed by atoms with Gasteiger partial charge in [0.25, 0.3) is 5.91 Å². The maximum absolute atomic E-state index is 13.6. The molecule has 0 aliphatic heterocycles. The number of hydrogen-bond acceptors (Lipinski definition) is 3. The van der Waals surface area contributed by atoms with Crippen molar-refractivity contribution in [2.75, 3.05) is 5.32 Å². The third-order valence-electron chi connectivity index (χ3n) is 3.47. The first-order chi connectivity index (χ1) is 10.8. The summed E-state index contributed by atoms with van der Waals surface area (Å²) in [6.07, 6.45) is 2.40. The Balaban J connectivity index is 1.89. The number of carbonyl (C=O) groups is 1. The highest BCUT2D eigenvalue weighted by Gasteiger charge is 2.18. The summed E-state index contributed by atoms with van der Waals surface area (Å²) in [4.78, 5) is 23.6. The predicted octanol–water partition coefficient (Wildman–Crippen LogP) is 3.65. The standard InChI is InChI=1S/C17H17FN4O/c1-17(2,3)16-21-13-5-4-10(8-14(13)22-16)20-15(23)11-6-7-19-9-12(11)18/h4-9H,1-3H3,(H,20,23)(H,21,22). The zero-order chi connectivity index (χ0) is 16.6. The minimum atomic E-state index is -0.650. The van der Waals surface area contributed by atoms with Crippen LogP contribution in [0.5, 0.6) is 0 Å². The molecule has 3 rings (SSSR count). The summed E-state index contributed by atoms with van der Waals surface area (Å²) in [5, 5.41) is 2.68. The number of aromatic nitrogens is 3. The lowest BCUT2D eigenvalue weighted by molar-refractivity contribution is 0.102. The molecule has 0 aliphatic carbocycles. The molecular formula is C17H17FN4O. The summed E-state index contributed by atoms with van der Waals surface area (Å²) in [5.41, 5.74) is 2.08. The van der Waals surface area contributed by atoms with Crippen LogP contribution in [0.15, 0.2) is 36.7 Å². The molecule has 2 heterocycles. The molecule has 2 N–H and O–H groups in total. The number of anilines is 1. The summed E-state index contributed by atoms with van der Waals surface area (Å²) < 4.78 is 13.6. The van der Waals surface area contributed by atoms with Gasteiger partial charge in [0, 0.05) is 17.3 Å². The Labute approximate surface area is 133 Å². The molecule has 6 heteroatoms. The molecule has 0 saturated carbocycles. The van der Waals surface area contributed by atoms with Crippen molar-refractivity contribution in [3.05, 3.63) is 53.9 Å². The molecule has 0 radical (unpaired) electrons. The average Bonchev–Trinajstić information content (AvgIpc) is 2.91. The van der Waals surface area contributed by atoms with Gasteiger partial charge >= 0.3 is 0 Å². The van der Waals surface area contributed by atoms with E-state index in [4.69, 9.17) is 0 Å². The van der Waals surface area contributed by atoms with E-state index in [1.165, 1.54) is 12.3 Å². The lowest BCUT2D eigenvalue weighted by Gasteiger charge is -2.13. The second-order valence-electron chi connectivity index (χ2n) is 6.38. The number of amides is 1. The number of hydrogen-bond donors (Lipinski definition) is 2. The van der Waals surface area contributed by atoms with Gasteiger partial charge in [-0.2, -0.15) is 0 Å². The monoisotopic (exact) mass is 312 g/mol. The smallest absolute Gasteiger partial charge is 0.258 e. The van der Waals surface area contributed by atoms with Gasteiger partial charge in [0.15, 0.2) is 5.82 Å². The number of pyridine rings is 1. The minimum Gasteiger partial charge on any atom is -0.341 e. The van der Waals surface area contributed by atoms with Crippen molar-refractivity contribution < 1.29 is 9.18 Å². The summed E-state index contributed by atoms with van der Waals surface area (Å²) in [7, 11) is 0. The van der Waals surface area contributed by atoms with E-state index in [0.717, 1.165) is 23.1 Å². The van der Waals surface area contributed by atoms with E-state index in [9.17, 15) is 9.18 Å². The van der Waals surface area contributed by atoms with Crippen molar-refractivity contribution in [1.82, 2.24) is 15.0 Å². The Hall–Kier alpha value is -2.76. The van der Waals surface area contributed by atoms with Gasteiger partial charge in [-0.25, -0.2) is 9.37 Å². The number of nitrogens with one attached hydrogen (secondary N) is 2. The van der Waals surface area contributed by atoms with Crippen molar-refractivity contribution in [2.24, 2.45) is 0 Å². The van der Waals surface area contributed by atoms with Crippen molar-refractivity contribution in [1.29, 1.82) is 0 Å². The Morgan fingerprint density at radius 3 is 2.74 bits per heavy atom. The maximum atomic E-state index is 13.6. The molecule has 2 aromatic heterocycles. The molecular weight excluding hydrogens is 295 g/mol. The van der Waals surface area contributed by atoms with Gasteiger partial charge in [0.1, 0.15) is 5.82 Å². The number of fused-ring (bicyclic) bond motifs is 1. The number of nitrogens with zero attached hydrogens (tertiary/aromatic N) is 2. The van der Waals surface area contributed by atoms with E-state index in [2.05, 4.69) is 41.0 Å². The lowest BCUT2D eigenvalue weighted by Crippen LogP contribution is -2.13. The summed E-state index contributed by atoms with van der Waals surface area (Å²) in [6, 6.07) is 6.69. The summed E-state index contributed by atoms with van der Waals surface area (Å²) in [5.74, 6) is -0.293. The highest BCUT2D eigenvalue weighted by Crippen LogP contribution is 2.24. The van der Waals surface area contributed by atoms with Crippen molar-refractivity contribution in [3.63, 3.8) is 0 Å². The van der Waals surface area contributed by atoms with Gasteiger partial charge in [0.05, 0.1) is 22.8 Å². The number of rotatable bonds is 2. The summed E-state index contributed by atoms with van der Waals surface area (Å²) in [6.45, 7) is 6.21. The largest absolute Gasteiger partial charge is 0.341 e. The number of benzene rings is 1. The van der Waals surface area contributed by atoms with Crippen LogP contribution in [0.25, 0.3) is 11.0 Å². The van der Waals surface area contributed by atoms with Gasteiger partial charge in [0.2, 0.25) is 0 Å². The van der Waals surface area contributed by atoms with Gasteiger partial charge in [-0.05, 0) is 24.3 Å². The van der Waals surface area contributed by atoms with Crippen LogP contribution in [-0.2, 0) is 5.41 Å². The van der Waals surface area contributed by atoms with Crippen LogP contribution in [0, 0.1) is 5.82 Å². The Morgan fingerprint density at radius 1 is 1.26 bits per heavy atom. The number of aromatic amines is 1. The quantitative estimate of drug-likeness (QED) is 0.759. The molecule has 0 unspecified atom stereocenters. The Bertz CT molecular complexity index is 880. The fraction of sp³-hybridized carbons (Fsp3) is 0.235. The minimum absolute atomic E-state index is 0.0416. The summed E-state index contributed by atoms with van der Waals surface area (Å²) >= 11 is 0. The fourth-order valence-corrected chi connectivity index (χ4v) is 2.20. The van der Waals surface area contributed by atoms with E-state index in [1.807, 2.05) is 6.07 Å². The first-order valence-corrected chi connectivity index (χ1v) is 7.26. The van der Waals surface area contributed by atoms with Gasteiger partial charge < -0.3 is 10.3 Å². The van der Waals surface area contributed by atoms with Crippen LogP contribution < -0.4 is 5.32 Å². The highest BCUT2D eigenvalue weighted by molar-refractivity contribution is 6.05. The number of carbonyl (C=O) groups excluding carboxylic acids is 1. The molecule has 0 fully saturated rings.